The molecule has 6 nitrogen and oxygen atoms in total. The number of anilines is 2. The van der Waals surface area contributed by atoms with E-state index in [1.165, 1.54) is 0 Å². The molecule has 0 amide bonds. The van der Waals surface area contributed by atoms with Crippen molar-refractivity contribution in [1.29, 1.82) is 0 Å². The van der Waals surface area contributed by atoms with Crippen LogP contribution < -0.4 is 16.4 Å². The first-order valence-corrected chi connectivity index (χ1v) is 9.82. The van der Waals surface area contributed by atoms with Gasteiger partial charge in [-0.1, -0.05) is 30.7 Å². The van der Waals surface area contributed by atoms with E-state index in [0.29, 0.717) is 11.4 Å². The first-order chi connectivity index (χ1) is 13.0. The molecule has 3 atom stereocenters. The summed E-state index contributed by atoms with van der Waals surface area (Å²) in [4.78, 5) is 8.42. The summed E-state index contributed by atoms with van der Waals surface area (Å²) in [6.45, 7) is 4.20. The fraction of sp³-hybridized carbons (Fsp3) is 0.706. The van der Waals surface area contributed by atoms with Crippen molar-refractivity contribution < 1.29 is 18.3 Å². The van der Waals surface area contributed by atoms with E-state index in [-0.39, 0.29) is 53.0 Å². The number of aliphatic hydroxyl groups is 1. The van der Waals surface area contributed by atoms with Crippen LogP contribution in [0.1, 0.15) is 45.1 Å². The number of aliphatic hydroxyl groups excluding tert-OH is 1. The molecule has 11 heteroatoms. The summed E-state index contributed by atoms with van der Waals surface area (Å²) in [5.74, 6) is 0.734. The maximum absolute atomic E-state index is 12.3. The van der Waals surface area contributed by atoms with Crippen molar-refractivity contribution in [1.82, 2.24) is 9.97 Å². The van der Waals surface area contributed by atoms with Crippen LogP contribution in [0.25, 0.3) is 0 Å². The molecule has 1 aromatic heterocycles. The van der Waals surface area contributed by atoms with Crippen LogP contribution >= 0.6 is 23.8 Å². The highest BCUT2D eigenvalue weighted by Crippen LogP contribution is 2.42. The third-order valence-electron chi connectivity index (χ3n) is 5.42. The molecule has 1 saturated carbocycles. The average molecular weight is 440 g/mol. The van der Waals surface area contributed by atoms with Crippen LogP contribution in [0.15, 0.2) is 0 Å². The summed E-state index contributed by atoms with van der Waals surface area (Å²) in [5.41, 5.74) is 5.70. The van der Waals surface area contributed by atoms with Gasteiger partial charge in [-0.2, -0.15) is 18.2 Å². The molecule has 0 aromatic carbocycles. The summed E-state index contributed by atoms with van der Waals surface area (Å²) in [6, 6.07) is 0. The van der Waals surface area contributed by atoms with Crippen molar-refractivity contribution in [3.63, 3.8) is 0 Å². The van der Waals surface area contributed by atoms with Crippen LogP contribution in [0.2, 0.25) is 5.15 Å². The van der Waals surface area contributed by atoms with Crippen molar-refractivity contribution in [2.24, 2.45) is 17.6 Å². The van der Waals surface area contributed by atoms with Gasteiger partial charge in [0.2, 0.25) is 5.95 Å². The topological polar surface area (TPSA) is 96.1 Å². The molecule has 0 spiro atoms. The lowest BCUT2D eigenvalue weighted by Crippen LogP contribution is -2.40. The number of hydrogen-bond donors (Lipinski definition) is 4. The fourth-order valence-electron chi connectivity index (χ4n) is 3.49. The Hall–Kier alpha value is -1.39. The van der Waals surface area contributed by atoms with Crippen molar-refractivity contribution in [3.05, 3.63) is 10.7 Å². The van der Waals surface area contributed by atoms with E-state index in [1.807, 2.05) is 13.8 Å². The molecular formula is C17H25ClF3N5OS. The van der Waals surface area contributed by atoms with Crippen LogP contribution in [0, 0.1) is 11.8 Å². The molecule has 1 aliphatic rings. The predicted octanol–water partition coefficient (Wildman–Crippen LogP) is 3.73. The Morgan fingerprint density at radius 2 is 2.11 bits per heavy atom. The normalized spacial score (nSPS) is 25.0. The minimum Gasteiger partial charge on any atom is -0.396 e. The van der Waals surface area contributed by atoms with Gasteiger partial charge in [0.15, 0.2) is 0 Å². The molecule has 2 rings (SSSR count). The summed E-state index contributed by atoms with van der Waals surface area (Å²) < 4.78 is 36.8. The van der Waals surface area contributed by atoms with Gasteiger partial charge < -0.3 is 21.5 Å². The second kappa shape index (κ2) is 8.96. The van der Waals surface area contributed by atoms with Gasteiger partial charge in [-0.3, -0.25) is 0 Å². The van der Waals surface area contributed by atoms with Crippen LogP contribution in [0.3, 0.4) is 0 Å². The van der Waals surface area contributed by atoms with Crippen molar-refractivity contribution in [2.75, 3.05) is 23.8 Å². The molecule has 0 radical (unpaired) electrons. The number of thiocarbonyl (C=S) groups is 1. The molecule has 5 N–H and O–H groups in total. The van der Waals surface area contributed by atoms with Crippen LogP contribution in [0.4, 0.5) is 24.9 Å². The predicted molar refractivity (Wildman–Crippen MR) is 108 cm³/mol. The number of nitrogens with two attached hydrogens (primary N) is 1. The molecule has 1 heterocycles. The lowest BCUT2D eigenvalue weighted by Gasteiger charge is -2.33. The molecule has 1 fully saturated rings. The lowest BCUT2D eigenvalue weighted by molar-refractivity contribution is -0.134. The van der Waals surface area contributed by atoms with Crippen LogP contribution in [-0.2, 0) is 0 Å². The van der Waals surface area contributed by atoms with E-state index in [4.69, 9.17) is 29.6 Å². The van der Waals surface area contributed by atoms with Gasteiger partial charge in [0.05, 0.1) is 5.56 Å². The zero-order valence-corrected chi connectivity index (χ0v) is 17.3. The van der Waals surface area contributed by atoms with Gasteiger partial charge in [0.25, 0.3) is 0 Å². The van der Waals surface area contributed by atoms with Gasteiger partial charge in [-0.25, -0.2) is 4.98 Å². The molecule has 0 bridgehead atoms. The smallest absolute Gasteiger partial charge is 0.389 e. The highest BCUT2D eigenvalue weighted by molar-refractivity contribution is 7.80. The number of halogens is 4. The Balaban J connectivity index is 2.21. The number of nitrogens with zero attached hydrogens (tertiary/aromatic N) is 2. The Kier molecular flexibility index (Phi) is 7.33. The van der Waals surface area contributed by atoms with E-state index in [9.17, 15) is 18.3 Å². The first kappa shape index (κ1) is 22.9. The van der Waals surface area contributed by atoms with Gasteiger partial charge in [0, 0.05) is 25.1 Å². The molecule has 1 aliphatic carbocycles. The number of alkyl halides is 3. The highest BCUT2D eigenvalue weighted by atomic mass is 35.5. The summed E-state index contributed by atoms with van der Waals surface area (Å²) in [7, 11) is 0. The summed E-state index contributed by atoms with van der Waals surface area (Å²) >= 11 is 11.3. The molecule has 28 heavy (non-hydrogen) atoms. The van der Waals surface area contributed by atoms with E-state index in [2.05, 4.69) is 20.6 Å². The summed E-state index contributed by atoms with van der Waals surface area (Å²) in [6.07, 6.45) is -3.57. The zero-order valence-electron chi connectivity index (χ0n) is 15.7. The second-order valence-electron chi connectivity index (χ2n) is 7.38. The second-order valence-corrected chi connectivity index (χ2v) is 8.18. The van der Waals surface area contributed by atoms with E-state index < -0.39 is 12.6 Å². The third-order valence-corrected chi connectivity index (χ3v) is 5.89. The Morgan fingerprint density at radius 1 is 1.43 bits per heavy atom. The minimum absolute atomic E-state index is 0.0177. The average Bonchev–Trinajstić information content (AvgIpc) is 2.84. The standard InChI is InChI=1S/C17H25ClF3N5OS/c1-9-10(8-27)4-6-16(9,2)26-14-11(13(22)28)12(18)24-15(25-14)23-7-3-5-17(19,20)21/h9-10,27H,3-8H2,1-2H3,(H2,22,28)(H2,23,24,25,26). The van der Waals surface area contributed by atoms with Crippen LogP contribution in [-0.4, -0.2) is 44.9 Å². The van der Waals surface area contributed by atoms with Gasteiger partial charge in [-0.05, 0) is 38.0 Å². The van der Waals surface area contributed by atoms with Crippen molar-refractivity contribution in [2.45, 2.75) is 51.2 Å². The van der Waals surface area contributed by atoms with E-state index >= 15 is 0 Å². The monoisotopic (exact) mass is 439 g/mol. The van der Waals surface area contributed by atoms with Gasteiger partial charge in [0.1, 0.15) is 16.0 Å². The minimum atomic E-state index is -4.21. The summed E-state index contributed by atoms with van der Waals surface area (Å²) in [5, 5.41) is 15.7. The maximum atomic E-state index is 12.3. The first-order valence-electron chi connectivity index (χ1n) is 9.04. The maximum Gasteiger partial charge on any atom is 0.389 e. The lowest BCUT2D eigenvalue weighted by atomic mass is 9.86. The molecule has 0 aliphatic heterocycles. The van der Waals surface area contributed by atoms with E-state index in [1.54, 1.807) is 0 Å². The van der Waals surface area contributed by atoms with Crippen molar-refractivity contribution >= 4 is 40.6 Å². The van der Waals surface area contributed by atoms with E-state index in [0.717, 1.165) is 12.8 Å². The van der Waals surface area contributed by atoms with Crippen molar-refractivity contribution in [3.8, 4) is 0 Å². The number of hydrogen-bond acceptors (Lipinski definition) is 6. The van der Waals surface area contributed by atoms with Gasteiger partial charge in [-0.15, -0.1) is 0 Å². The highest BCUT2D eigenvalue weighted by Gasteiger charge is 2.42. The molecule has 0 saturated heterocycles. The third kappa shape index (κ3) is 5.57. The molecule has 1 aromatic rings. The quantitative estimate of drug-likeness (QED) is 0.278. The Bertz CT molecular complexity index is 721. The largest absolute Gasteiger partial charge is 0.396 e. The molecular weight excluding hydrogens is 415 g/mol. The SMILES string of the molecule is CC1C(CO)CCC1(C)Nc1nc(NCCCC(F)(F)F)nc(Cl)c1C(N)=S. The number of nitrogens with one attached hydrogen (secondary N) is 2. The number of aromatic nitrogens is 2. The number of rotatable bonds is 8. The molecule has 3 unspecified atom stereocenters. The zero-order chi connectivity index (χ0) is 21.1. The fourth-order valence-corrected chi connectivity index (χ4v) is 4.01. The Morgan fingerprint density at radius 3 is 2.64 bits per heavy atom. The van der Waals surface area contributed by atoms with Crippen LogP contribution in [0.5, 0.6) is 0 Å². The molecule has 158 valence electrons. The van der Waals surface area contributed by atoms with Gasteiger partial charge >= 0.3 is 6.18 Å². The Labute approximate surface area is 172 Å².